The molecule has 0 bridgehead atoms. The van der Waals surface area contributed by atoms with E-state index < -0.39 is 10.0 Å². The molecule has 0 spiro atoms. The molecule has 0 fully saturated rings. The first kappa shape index (κ1) is 27.5. The maximum Gasteiger partial charge on any atom is 0.238 e. The molecule has 0 aliphatic rings. The van der Waals surface area contributed by atoms with E-state index in [2.05, 4.69) is 4.98 Å². The molecule has 36 heavy (non-hydrogen) atoms. The van der Waals surface area contributed by atoms with Crippen molar-refractivity contribution in [1.29, 1.82) is 0 Å². The van der Waals surface area contributed by atoms with E-state index in [4.69, 9.17) is 14.2 Å². The molecule has 0 radical (unpaired) electrons. The Labute approximate surface area is 213 Å². The normalized spacial score (nSPS) is 11.7. The van der Waals surface area contributed by atoms with E-state index >= 15 is 0 Å². The van der Waals surface area contributed by atoms with Crippen LogP contribution in [0.15, 0.2) is 48.7 Å². The zero-order valence-corrected chi connectivity index (χ0v) is 22.1. The van der Waals surface area contributed by atoms with Gasteiger partial charge in [0, 0.05) is 43.8 Å². The van der Waals surface area contributed by atoms with Crippen molar-refractivity contribution in [3.05, 3.63) is 59.8 Å². The lowest BCUT2D eigenvalue weighted by atomic mass is 10.1. The zero-order chi connectivity index (χ0) is 26.1. The van der Waals surface area contributed by atoms with Crippen molar-refractivity contribution in [3.63, 3.8) is 0 Å². The van der Waals surface area contributed by atoms with Crippen LogP contribution in [0.2, 0.25) is 0 Å². The molecular formula is C26H35N3O6S. The summed E-state index contributed by atoms with van der Waals surface area (Å²) in [5.74, 6) is 0.791. The molecule has 9 nitrogen and oxygen atoms in total. The first-order chi connectivity index (χ1) is 17.3. The fraction of sp³-hybridized carbons (Fsp3) is 0.423. The van der Waals surface area contributed by atoms with Crippen LogP contribution in [0.4, 0.5) is 0 Å². The summed E-state index contributed by atoms with van der Waals surface area (Å²) in [5, 5.41) is 1.10. The van der Waals surface area contributed by atoms with Crippen LogP contribution in [0, 0.1) is 0 Å². The quantitative estimate of drug-likeness (QED) is 0.353. The number of methoxy groups -OCH3 is 3. The second-order valence-electron chi connectivity index (χ2n) is 8.34. The highest BCUT2D eigenvalue weighted by molar-refractivity contribution is 7.89. The van der Waals surface area contributed by atoms with Gasteiger partial charge in [-0.05, 0) is 42.7 Å². The van der Waals surface area contributed by atoms with E-state index in [0.29, 0.717) is 31.0 Å². The summed E-state index contributed by atoms with van der Waals surface area (Å²) >= 11 is 0. The monoisotopic (exact) mass is 517 g/mol. The lowest BCUT2D eigenvalue weighted by molar-refractivity contribution is -0.132. The minimum atomic E-state index is -3.58. The molecule has 1 N–H and O–H groups in total. The summed E-state index contributed by atoms with van der Waals surface area (Å²) in [6.45, 7) is 2.35. The second kappa shape index (κ2) is 12.8. The third-order valence-electron chi connectivity index (χ3n) is 6.11. The van der Waals surface area contributed by atoms with Gasteiger partial charge in [-0.1, -0.05) is 24.3 Å². The molecule has 3 rings (SSSR count). The number of carbonyl (C=O) groups is 1. The molecule has 0 saturated heterocycles. The Bertz CT molecular complexity index is 1260. The largest absolute Gasteiger partial charge is 0.493 e. The molecule has 2 aromatic carbocycles. The summed E-state index contributed by atoms with van der Waals surface area (Å²) in [7, 11) is 1.05. The van der Waals surface area contributed by atoms with Crippen LogP contribution in [0.25, 0.3) is 10.9 Å². The number of ether oxygens (including phenoxy) is 3. The van der Waals surface area contributed by atoms with Crippen molar-refractivity contribution in [3.8, 4) is 11.5 Å². The Kier molecular flexibility index (Phi) is 9.74. The van der Waals surface area contributed by atoms with Crippen LogP contribution >= 0.6 is 0 Å². The third-order valence-corrected chi connectivity index (χ3v) is 7.94. The van der Waals surface area contributed by atoms with Crippen LogP contribution in [0.3, 0.4) is 0 Å². The highest BCUT2D eigenvalue weighted by Crippen LogP contribution is 2.28. The number of amides is 1. The van der Waals surface area contributed by atoms with Gasteiger partial charge < -0.3 is 24.1 Å². The van der Waals surface area contributed by atoms with Gasteiger partial charge in [-0.15, -0.1) is 0 Å². The van der Waals surface area contributed by atoms with Gasteiger partial charge in [0.15, 0.2) is 11.5 Å². The van der Waals surface area contributed by atoms with Gasteiger partial charge in [0.25, 0.3) is 0 Å². The fourth-order valence-corrected chi connectivity index (χ4v) is 5.05. The first-order valence-corrected chi connectivity index (χ1v) is 13.4. The molecule has 0 aliphatic carbocycles. The predicted octanol–water partition coefficient (Wildman–Crippen LogP) is 3.05. The number of sulfonamides is 1. The molecule has 10 heteroatoms. The Balaban J connectivity index is 1.85. The lowest BCUT2D eigenvalue weighted by Crippen LogP contribution is -2.45. The maximum absolute atomic E-state index is 13.5. The number of para-hydroxylation sites is 1. The minimum Gasteiger partial charge on any atom is -0.493 e. The molecule has 0 saturated carbocycles. The van der Waals surface area contributed by atoms with Crippen molar-refractivity contribution < 1.29 is 27.4 Å². The standard InChI is InChI=1S/C26H35N3O6S/c1-5-36(31,32)29(14-15-33-2)19-26(30)28(18-20-10-11-24(34-3)25(16-20)35-4)13-12-21-17-27-23-9-7-6-8-22(21)23/h6-11,16-17,27H,5,12-15,18-19H2,1-4H3. The van der Waals surface area contributed by atoms with Gasteiger partial charge in [-0.2, -0.15) is 4.31 Å². The maximum atomic E-state index is 13.5. The van der Waals surface area contributed by atoms with Crippen molar-refractivity contribution in [1.82, 2.24) is 14.2 Å². The Morgan fingerprint density at radius 1 is 1.00 bits per heavy atom. The number of carbonyl (C=O) groups excluding carboxylic acids is 1. The highest BCUT2D eigenvalue weighted by Gasteiger charge is 2.26. The van der Waals surface area contributed by atoms with Crippen molar-refractivity contribution in [2.24, 2.45) is 0 Å². The number of H-pyrrole nitrogens is 1. The molecule has 1 aromatic heterocycles. The number of nitrogens with zero attached hydrogens (tertiary/aromatic N) is 2. The Hall–Kier alpha value is -3.08. The molecule has 0 atom stereocenters. The van der Waals surface area contributed by atoms with Crippen molar-refractivity contribution in [2.75, 3.05) is 53.3 Å². The molecule has 3 aromatic rings. The van der Waals surface area contributed by atoms with Crippen molar-refractivity contribution in [2.45, 2.75) is 19.9 Å². The van der Waals surface area contributed by atoms with Gasteiger partial charge in [0.05, 0.1) is 33.1 Å². The Morgan fingerprint density at radius 3 is 2.44 bits per heavy atom. The van der Waals surface area contributed by atoms with Gasteiger partial charge in [0.2, 0.25) is 15.9 Å². The van der Waals surface area contributed by atoms with Crippen LogP contribution in [0.5, 0.6) is 11.5 Å². The van der Waals surface area contributed by atoms with E-state index in [1.54, 1.807) is 32.1 Å². The SMILES string of the molecule is CCS(=O)(=O)N(CCOC)CC(=O)N(CCc1c[nH]c2ccccc12)Cc1ccc(OC)c(OC)c1. The van der Waals surface area contributed by atoms with Gasteiger partial charge in [0.1, 0.15) is 0 Å². The summed E-state index contributed by atoms with van der Waals surface area (Å²) in [6.07, 6.45) is 2.57. The summed E-state index contributed by atoms with van der Waals surface area (Å²) in [5.41, 5.74) is 2.97. The lowest BCUT2D eigenvalue weighted by Gasteiger charge is -2.27. The van der Waals surface area contributed by atoms with Crippen LogP contribution < -0.4 is 9.47 Å². The topological polar surface area (TPSA) is 101 Å². The number of fused-ring (bicyclic) bond motifs is 1. The average molecular weight is 518 g/mol. The van der Waals surface area contributed by atoms with E-state index in [1.165, 1.54) is 11.4 Å². The number of aromatic nitrogens is 1. The summed E-state index contributed by atoms with van der Waals surface area (Å²) < 4.78 is 42.3. The van der Waals surface area contributed by atoms with E-state index in [1.807, 2.05) is 42.6 Å². The number of hydrogen-bond donors (Lipinski definition) is 1. The number of nitrogens with one attached hydrogen (secondary N) is 1. The van der Waals surface area contributed by atoms with Gasteiger partial charge in [-0.25, -0.2) is 8.42 Å². The zero-order valence-electron chi connectivity index (χ0n) is 21.3. The van der Waals surface area contributed by atoms with E-state index in [-0.39, 0.29) is 31.4 Å². The number of benzene rings is 2. The van der Waals surface area contributed by atoms with Gasteiger partial charge >= 0.3 is 0 Å². The molecule has 0 unspecified atom stereocenters. The number of rotatable bonds is 14. The minimum absolute atomic E-state index is 0.0883. The van der Waals surface area contributed by atoms with Crippen LogP contribution in [-0.4, -0.2) is 81.8 Å². The third kappa shape index (κ3) is 6.77. The molecular weight excluding hydrogens is 482 g/mol. The molecule has 0 aliphatic heterocycles. The van der Waals surface area contributed by atoms with Gasteiger partial charge in [-0.3, -0.25) is 4.79 Å². The fourth-order valence-electron chi connectivity index (χ4n) is 4.03. The molecule has 196 valence electrons. The molecule has 1 amide bonds. The number of hydrogen-bond acceptors (Lipinski definition) is 6. The van der Waals surface area contributed by atoms with E-state index in [0.717, 1.165) is 22.0 Å². The molecule has 1 heterocycles. The number of aromatic amines is 1. The highest BCUT2D eigenvalue weighted by atomic mass is 32.2. The van der Waals surface area contributed by atoms with Crippen LogP contribution in [0.1, 0.15) is 18.1 Å². The first-order valence-electron chi connectivity index (χ1n) is 11.8. The summed E-state index contributed by atoms with van der Waals surface area (Å²) in [4.78, 5) is 18.5. The average Bonchev–Trinajstić information content (AvgIpc) is 3.31. The van der Waals surface area contributed by atoms with Crippen molar-refractivity contribution >= 4 is 26.8 Å². The van der Waals surface area contributed by atoms with E-state index in [9.17, 15) is 13.2 Å². The Morgan fingerprint density at radius 2 is 1.75 bits per heavy atom. The summed E-state index contributed by atoms with van der Waals surface area (Å²) in [6, 6.07) is 13.5. The second-order valence-corrected chi connectivity index (χ2v) is 10.6. The van der Waals surface area contributed by atoms with Crippen LogP contribution in [-0.2, 0) is 32.5 Å². The predicted molar refractivity (Wildman–Crippen MR) is 140 cm³/mol. The smallest absolute Gasteiger partial charge is 0.238 e.